The highest BCUT2D eigenvalue weighted by atomic mass is 16.1. The number of rotatable bonds is 6. The lowest BCUT2D eigenvalue weighted by Crippen LogP contribution is -2.43. The van der Waals surface area contributed by atoms with E-state index in [4.69, 9.17) is 0 Å². The van der Waals surface area contributed by atoms with Gasteiger partial charge in [0.05, 0.1) is 35.7 Å². The first kappa shape index (κ1) is 21.9. The number of amides is 1. The molecule has 1 aromatic carbocycles. The minimum Gasteiger partial charge on any atom is -0.351 e. The molecule has 0 spiro atoms. The monoisotopic (exact) mass is 466 g/mol. The van der Waals surface area contributed by atoms with E-state index in [0.717, 1.165) is 41.1 Å². The first-order valence-corrected chi connectivity index (χ1v) is 12.5. The SMILES string of the molecule is Cc1cc(-n2ncc3cc(CC(=O)N[C@H]4CN(C5CCC5)C[C@@H]4c4ccccc4)ncc32)ccn1. The number of aromatic nitrogens is 4. The zero-order chi connectivity index (χ0) is 23.8. The number of carbonyl (C=O) groups is 1. The van der Waals surface area contributed by atoms with Gasteiger partial charge in [-0.15, -0.1) is 0 Å². The Morgan fingerprint density at radius 1 is 1.06 bits per heavy atom. The second-order valence-electron chi connectivity index (χ2n) is 9.85. The highest BCUT2D eigenvalue weighted by Crippen LogP contribution is 2.34. The summed E-state index contributed by atoms with van der Waals surface area (Å²) in [7, 11) is 0. The normalized spacial score (nSPS) is 20.7. The second kappa shape index (κ2) is 9.23. The maximum Gasteiger partial charge on any atom is 0.226 e. The molecule has 2 aliphatic rings. The zero-order valence-electron chi connectivity index (χ0n) is 20.0. The van der Waals surface area contributed by atoms with Crippen molar-refractivity contribution in [3.8, 4) is 5.69 Å². The molecule has 0 radical (unpaired) electrons. The van der Waals surface area contributed by atoms with Gasteiger partial charge in [0.25, 0.3) is 0 Å². The fourth-order valence-electron chi connectivity index (χ4n) is 5.43. The lowest BCUT2D eigenvalue weighted by molar-refractivity contribution is -0.121. The molecular weight excluding hydrogens is 436 g/mol. The second-order valence-corrected chi connectivity index (χ2v) is 9.85. The Morgan fingerprint density at radius 3 is 2.69 bits per heavy atom. The maximum atomic E-state index is 13.1. The van der Waals surface area contributed by atoms with Gasteiger partial charge in [-0.1, -0.05) is 36.8 Å². The van der Waals surface area contributed by atoms with Crippen molar-refractivity contribution in [2.45, 2.75) is 50.6 Å². The summed E-state index contributed by atoms with van der Waals surface area (Å²) in [6.07, 6.45) is 9.55. The van der Waals surface area contributed by atoms with E-state index in [1.54, 1.807) is 12.4 Å². The van der Waals surface area contributed by atoms with Crippen LogP contribution in [0.2, 0.25) is 0 Å². The summed E-state index contributed by atoms with van der Waals surface area (Å²) in [5.41, 5.74) is 4.85. The van der Waals surface area contributed by atoms with Crippen LogP contribution in [-0.2, 0) is 11.2 Å². The Labute approximate surface area is 205 Å². The predicted octanol–water partition coefficient (Wildman–Crippen LogP) is 3.80. The molecule has 0 unspecified atom stereocenters. The van der Waals surface area contributed by atoms with Crippen LogP contribution in [0.25, 0.3) is 16.6 Å². The van der Waals surface area contributed by atoms with Crippen molar-refractivity contribution in [1.82, 2.24) is 30.0 Å². The summed E-state index contributed by atoms with van der Waals surface area (Å²) in [6, 6.07) is 17.3. The molecule has 7 heteroatoms. The van der Waals surface area contributed by atoms with Gasteiger partial charge in [-0.3, -0.25) is 19.7 Å². The van der Waals surface area contributed by atoms with E-state index < -0.39 is 0 Å². The minimum atomic E-state index is 0.0235. The Bertz CT molecular complexity index is 1350. The van der Waals surface area contributed by atoms with E-state index >= 15 is 0 Å². The number of pyridine rings is 2. The molecule has 7 nitrogen and oxygen atoms in total. The fourth-order valence-corrected chi connectivity index (χ4v) is 5.43. The molecule has 35 heavy (non-hydrogen) atoms. The van der Waals surface area contributed by atoms with E-state index in [2.05, 4.69) is 55.6 Å². The van der Waals surface area contributed by atoms with Crippen molar-refractivity contribution in [3.63, 3.8) is 0 Å². The molecule has 178 valence electrons. The fraction of sp³-hybridized carbons (Fsp3) is 0.357. The van der Waals surface area contributed by atoms with Gasteiger partial charge in [0.1, 0.15) is 0 Å². The number of fused-ring (bicyclic) bond motifs is 1. The number of benzene rings is 1. The van der Waals surface area contributed by atoms with Crippen LogP contribution in [0.5, 0.6) is 0 Å². The molecule has 4 heterocycles. The zero-order valence-corrected chi connectivity index (χ0v) is 20.0. The van der Waals surface area contributed by atoms with Crippen LogP contribution in [-0.4, -0.2) is 55.7 Å². The number of likely N-dealkylation sites (tertiary alicyclic amines) is 1. The summed E-state index contributed by atoms with van der Waals surface area (Å²) in [5, 5.41) is 8.85. The first-order valence-electron chi connectivity index (χ1n) is 12.5. The smallest absolute Gasteiger partial charge is 0.226 e. The molecule has 0 bridgehead atoms. The van der Waals surface area contributed by atoms with E-state index in [1.165, 1.54) is 24.8 Å². The Kier molecular flexibility index (Phi) is 5.78. The van der Waals surface area contributed by atoms with Crippen molar-refractivity contribution in [2.75, 3.05) is 13.1 Å². The quantitative estimate of drug-likeness (QED) is 0.468. The largest absolute Gasteiger partial charge is 0.351 e. The van der Waals surface area contributed by atoms with E-state index in [0.29, 0.717) is 12.0 Å². The third-order valence-corrected chi connectivity index (χ3v) is 7.49. The van der Waals surface area contributed by atoms with Gasteiger partial charge >= 0.3 is 0 Å². The molecule has 1 aliphatic carbocycles. The predicted molar refractivity (Wildman–Crippen MR) is 135 cm³/mol. The molecule has 6 rings (SSSR count). The number of carbonyl (C=O) groups excluding carboxylic acids is 1. The highest BCUT2D eigenvalue weighted by Gasteiger charge is 2.39. The number of aryl methyl sites for hydroxylation is 1. The molecule has 4 aromatic rings. The van der Waals surface area contributed by atoms with Gasteiger partial charge in [0, 0.05) is 48.4 Å². The van der Waals surface area contributed by atoms with E-state index in [1.807, 2.05) is 36.0 Å². The third kappa shape index (κ3) is 4.44. The van der Waals surface area contributed by atoms with Gasteiger partial charge < -0.3 is 5.32 Å². The number of hydrogen-bond acceptors (Lipinski definition) is 5. The van der Waals surface area contributed by atoms with Crippen molar-refractivity contribution < 1.29 is 4.79 Å². The lowest BCUT2D eigenvalue weighted by Gasteiger charge is -2.34. The minimum absolute atomic E-state index is 0.0235. The van der Waals surface area contributed by atoms with Crippen molar-refractivity contribution in [2.24, 2.45) is 0 Å². The summed E-state index contributed by atoms with van der Waals surface area (Å²) >= 11 is 0. The summed E-state index contributed by atoms with van der Waals surface area (Å²) < 4.78 is 1.86. The van der Waals surface area contributed by atoms with Crippen LogP contribution in [0.15, 0.2) is 67.1 Å². The van der Waals surface area contributed by atoms with Gasteiger partial charge in [-0.2, -0.15) is 5.10 Å². The molecule has 3 aromatic heterocycles. The van der Waals surface area contributed by atoms with Crippen LogP contribution in [0, 0.1) is 6.92 Å². The van der Waals surface area contributed by atoms with Gasteiger partial charge in [0.2, 0.25) is 5.91 Å². The molecule has 1 amide bonds. The standard InChI is InChI=1S/C28H30N6O/c1-19-12-24(10-11-29-19)34-27-16-30-22(13-21(27)15-31-34)14-28(35)32-26-18-33(23-8-5-9-23)17-25(26)20-6-3-2-4-7-20/h2-4,6-7,10-13,15-16,23,25-26H,5,8-9,14,17-18H2,1H3,(H,32,35)/t25-,26+/m1/s1. The molecule has 2 atom stereocenters. The molecule has 2 fully saturated rings. The Balaban J connectivity index is 1.17. The van der Waals surface area contributed by atoms with Crippen LogP contribution in [0.4, 0.5) is 0 Å². The Morgan fingerprint density at radius 2 is 1.91 bits per heavy atom. The summed E-state index contributed by atoms with van der Waals surface area (Å²) in [4.78, 5) is 24.5. The third-order valence-electron chi connectivity index (χ3n) is 7.49. The van der Waals surface area contributed by atoms with E-state index in [9.17, 15) is 4.79 Å². The average molecular weight is 467 g/mol. The molecule has 1 aliphatic heterocycles. The lowest BCUT2D eigenvalue weighted by atomic mass is 9.91. The number of nitrogens with one attached hydrogen (secondary N) is 1. The first-order chi connectivity index (χ1) is 17.1. The topological polar surface area (TPSA) is 75.9 Å². The van der Waals surface area contributed by atoms with Gasteiger partial charge in [-0.25, -0.2) is 4.68 Å². The van der Waals surface area contributed by atoms with Crippen molar-refractivity contribution in [1.29, 1.82) is 0 Å². The molecule has 1 saturated heterocycles. The number of nitrogens with zero attached hydrogens (tertiary/aromatic N) is 5. The van der Waals surface area contributed by atoms with Crippen molar-refractivity contribution in [3.05, 3.63) is 84.1 Å². The van der Waals surface area contributed by atoms with Crippen molar-refractivity contribution >= 4 is 16.8 Å². The van der Waals surface area contributed by atoms with Gasteiger partial charge in [-0.05, 0) is 43.5 Å². The molecule has 1 N–H and O–H groups in total. The highest BCUT2D eigenvalue weighted by molar-refractivity contribution is 5.83. The summed E-state index contributed by atoms with van der Waals surface area (Å²) in [6.45, 7) is 3.89. The van der Waals surface area contributed by atoms with E-state index in [-0.39, 0.29) is 18.4 Å². The maximum absolute atomic E-state index is 13.1. The molecule has 1 saturated carbocycles. The average Bonchev–Trinajstić information content (AvgIpc) is 3.42. The van der Waals surface area contributed by atoms with Crippen LogP contribution >= 0.6 is 0 Å². The summed E-state index contributed by atoms with van der Waals surface area (Å²) in [5.74, 6) is 0.341. The Hall–Kier alpha value is -3.58. The van der Waals surface area contributed by atoms with Crippen LogP contribution in [0.1, 0.15) is 42.1 Å². The van der Waals surface area contributed by atoms with Gasteiger partial charge in [0.15, 0.2) is 0 Å². The van der Waals surface area contributed by atoms with Crippen LogP contribution in [0.3, 0.4) is 0 Å². The van der Waals surface area contributed by atoms with Crippen LogP contribution < -0.4 is 5.32 Å². The number of hydrogen-bond donors (Lipinski definition) is 1. The molecular formula is C28H30N6O.